The third-order valence-electron chi connectivity index (χ3n) is 5.07. The Hall–Kier alpha value is -3.69. The van der Waals surface area contributed by atoms with E-state index >= 15 is 0 Å². The lowest BCUT2D eigenvalue weighted by Gasteiger charge is -2.21. The van der Waals surface area contributed by atoms with Crippen molar-refractivity contribution < 1.29 is 19.1 Å². The van der Waals surface area contributed by atoms with Crippen molar-refractivity contribution in [1.29, 1.82) is 0 Å². The van der Waals surface area contributed by atoms with Crippen LogP contribution in [0.5, 0.6) is 0 Å². The monoisotopic (exact) mass is 485 g/mol. The first-order valence-electron chi connectivity index (χ1n) is 11.5. The first kappa shape index (κ1) is 27.6. The van der Waals surface area contributed by atoms with E-state index in [4.69, 9.17) is 4.74 Å². The highest BCUT2D eigenvalue weighted by molar-refractivity contribution is 5.90. The molecule has 0 fully saturated rings. The number of pyridine rings is 1. The average molecular weight is 486 g/mol. The molecule has 0 aromatic carbocycles. The summed E-state index contributed by atoms with van der Waals surface area (Å²) in [5, 5.41) is 2.65. The average Bonchev–Trinajstić information content (AvgIpc) is 3.02. The van der Waals surface area contributed by atoms with E-state index in [1.54, 1.807) is 67.1 Å². The summed E-state index contributed by atoms with van der Waals surface area (Å²) in [6.07, 6.45) is 5.51. The molecule has 1 N–H and O–H groups in total. The Kier molecular flexibility index (Phi) is 9.16. The maximum absolute atomic E-state index is 13.0. The standard InChI is InChI=1S/C25H35N5O5/c1-17-18(2)30(24(34)35-25(3,4)5)20(26-17)16-29-15-11-12-19(23(29)33)27-21(31)13-9-8-10-14-22(32)28(6)7/h10-12,14-15H,8-9,13,16H2,1-7H3,(H,27,31)/b14-10+. The van der Waals surface area contributed by atoms with Gasteiger partial charge >= 0.3 is 6.09 Å². The molecule has 2 amide bonds. The smallest absolute Gasteiger partial charge is 0.420 e. The molecule has 0 aliphatic carbocycles. The van der Waals surface area contributed by atoms with Gasteiger partial charge in [-0.2, -0.15) is 0 Å². The molecule has 35 heavy (non-hydrogen) atoms. The number of amides is 2. The van der Waals surface area contributed by atoms with Crippen LogP contribution in [0.1, 0.15) is 57.2 Å². The summed E-state index contributed by atoms with van der Waals surface area (Å²) in [5.74, 6) is -0.0509. The van der Waals surface area contributed by atoms with E-state index in [1.807, 2.05) is 0 Å². The summed E-state index contributed by atoms with van der Waals surface area (Å²) >= 11 is 0. The number of anilines is 1. The zero-order valence-electron chi connectivity index (χ0n) is 21.5. The quantitative estimate of drug-likeness (QED) is 0.453. The van der Waals surface area contributed by atoms with E-state index in [9.17, 15) is 19.2 Å². The van der Waals surface area contributed by atoms with Crippen molar-refractivity contribution in [2.75, 3.05) is 19.4 Å². The Morgan fingerprint density at radius 1 is 1.20 bits per heavy atom. The van der Waals surface area contributed by atoms with Crippen molar-refractivity contribution in [2.24, 2.45) is 0 Å². The number of nitrogens with one attached hydrogen (secondary N) is 1. The molecule has 2 rings (SSSR count). The van der Waals surface area contributed by atoms with E-state index < -0.39 is 17.3 Å². The van der Waals surface area contributed by atoms with Gasteiger partial charge in [0.25, 0.3) is 5.56 Å². The summed E-state index contributed by atoms with van der Waals surface area (Å²) in [6.45, 7) is 8.91. The van der Waals surface area contributed by atoms with Gasteiger partial charge in [-0.05, 0) is 65.7 Å². The number of unbranched alkanes of at least 4 members (excludes halogenated alkanes) is 1. The number of imidazole rings is 1. The Bertz CT molecular complexity index is 1170. The maximum Gasteiger partial charge on any atom is 0.420 e. The largest absolute Gasteiger partial charge is 0.443 e. The maximum atomic E-state index is 13.0. The summed E-state index contributed by atoms with van der Waals surface area (Å²) < 4.78 is 8.25. The van der Waals surface area contributed by atoms with Crippen LogP contribution in [0.25, 0.3) is 0 Å². The van der Waals surface area contributed by atoms with Crippen molar-refractivity contribution >= 4 is 23.6 Å². The molecule has 10 heteroatoms. The number of hydrogen-bond donors (Lipinski definition) is 1. The second-order valence-electron chi connectivity index (χ2n) is 9.44. The van der Waals surface area contributed by atoms with Crippen molar-refractivity contribution in [2.45, 2.75) is 66.0 Å². The summed E-state index contributed by atoms with van der Waals surface area (Å²) in [4.78, 5) is 55.5. The second-order valence-corrected chi connectivity index (χ2v) is 9.44. The lowest BCUT2D eigenvalue weighted by Crippen LogP contribution is -2.30. The van der Waals surface area contributed by atoms with Gasteiger partial charge in [-0.15, -0.1) is 0 Å². The van der Waals surface area contributed by atoms with Crippen LogP contribution in [0, 0.1) is 13.8 Å². The third kappa shape index (κ3) is 7.94. The second kappa shape index (κ2) is 11.6. The van der Waals surface area contributed by atoms with Gasteiger partial charge in [-0.3, -0.25) is 14.4 Å². The van der Waals surface area contributed by atoms with Crippen LogP contribution < -0.4 is 10.9 Å². The highest BCUT2D eigenvalue weighted by atomic mass is 16.6. The molecule has 0 aliphatic rings. The highest BCUT2D eigenvalue weighted by Gasteiger charge is 2.24. The molecule has 2 heterocycles. The van der Waals surface area contributed by atoms with Crippen LogP contribution in [-0.2, 0) is 20.9 Å². The predicted octanol–water partition coefficient (Wildman–Crippen LogP) is 3.25. The Morgan fingerprint density at radius 2 is 1.89 bits per heavy atom. The molecular weight excluding hydrogens is 450 g/mol. The van der Waals surface area contributed by atoms with Gasteiger partial charge in [0.15, 0.2) is 0 Å². The Labute approximate surface area is 205 Å². The van der Waals surface area contributed by atoms with Crippen LogP contribution in [0.2, 0.25) is 0 Å². The predicted molar refractivity (Wildman–Crippen MR) is 133 cm³/mol. The fourth-order valence-corrected chi connectivity index (χ4v) is 3.17. The van der Waals surface area contributed by atoms with Gasteiger partial charge in [0.2, 0.25) is 11.8 Å². The highest BCUT2D eigenvalue weighted by Crippen LogP contribution is 2.16. The van der Waals surface area contributed by atoms with Crippen molar-refractivity contribution in [1.82, 2.24) is 19.0 Å². The van der Waals surface area contributed by atoms with E-state index in [0.717, 1.165) is 0 Å². The normalized spacial score (nSPS) is 11.5. The van der Waals surface area contributed by atoms with Gasteiger partial charge in [0.05, 0.1) is 12.2 Å². The lowest BCUT2D eigenvalue weighted by molar-refractivity contribution is -0.123. The van der Waals surface area contributed by atoms with Crippen LogP contribution in [0.3, 0.4) is 0 Å². The van der Waals surface area contributed by atoms with Crippen molar-refractivity contribution in [3.05, 3.63) is 58.0 Å². The third-order valence-corrected chi connectivity index (χ3v) is 5.07. The molecular formula is C25H35N5O5. The molecule has 2 aromatic heterocycles. The summed E-state index contributed by atoms with van der Waals surface area (Å²) in [5.41, 5.74) is 0.335. The number of allylic oxidation sites excluding steroid dienone is 1. The lowest BCUT2D eigenvalue weighted by atomic mass is 10.2. The van der Waals surface area contributed by atoms with Crippen molar-refractivity contribution in [3.63, 3.8) is 0 Å². The first-order chi connectivity index (χ1) is 16.3. The first-order valence-corrected chi connectivity index (χ1v) is 11.5. The van der Waals surface area contributed by atoms with E-state index in [2.05, 4.69) is 10.3 Å². The van der Waals surface area contributed by atoms with Crippen molar-refractivity contribution in [3.8, 4) is 0 Å². The van der Waals surface area contributed by atoms with Gasteiger partial charge in [0, 0.05) is 32.4 Å². The number of carbonyl (C=O) groups is 3. The van der Waals surface area contributed by atoms with Crippen LogP contribution >= 0.6 is 0 Å². The molecule has 10 nitrogen and oxygen atoms in total. The minimum Gasteiger partial charge on any atom is -0.443 e. The summed E-state index contributed by atoms with van der Waals surface area (Å²) in [6, 6.07) is 3.18. The number of nitrogens with zero attached hydrogens (tertiary/aromatic N) is 4. The minimum absolute atomic E-state index is 0.0289. The number of hydrogen-bond acceptors (Lipinski definition) is 6. The molecule has 0 radical (unpaired) electrons. The van der Waals surface area contributed by atoms with Gasteiger partial charge in [-0.1, -0.05) is 6.08 Å². The van der Waals surface area contributed by atoms with E-state index in [-0.39, 0.29) is 30.5 Å². The number of aromatic nitrogens is 3. The number of aryl methyl sites for hydroxylation is 1. The molecule has 0 saturated carbocycles. The topological polar surface area (TPSA) is 116 Å². The van der Waals surface area contributed by atoms with Crippen LogP contribution in [0.4, 0.5) is 10.5 Å². The van der Waals surface area contributed by atoms with Crippen LogP contribution in [0.15, 0.2) is 35.3 Å². The van der Waals surface area contributed by atoms with Crippen LogP contribution in [-0.4, -0.2) is 56.6 Å². The number of rotatable bonds is 8. The van der Waals surface area contributed by atoms with E-state index in [0.29, 0.717) is 30.1 Å². The molecule has 2 aromatic rings. The Morgan fingerprint density at radius 3 is 2.51 bits per heavy atom. The van der Waals surface area contributed by atoms with Gasteiger partial charge < -0.3 is 19.5 Å². The SMILES string of the molecule is Cc1nc(Cn2cccc(NC(=O)CCC/C=C/C(=O)N(C)C)c2=O)n(C(=O)OC(C)(C)C)c1C. The fraction of sp³-hybridized carbons (Fsp3) is 0.480. The zero-order chi connectivity index (χ0) is 26.3. The molecule has 0 aliphatic heterocycles. The number of likely N-dealkylation sites (N-methyl/N-ethyl adjacent to an activating group) is 1. The summed E-state index contributed by atoms with van der Waals surface area (Å²) in [7, 11) is 3.33. The number of ether oxygens (including phenoxy) is 1. The Balaban J connectivity index is 2.10. The molecule has 0 atom stereocenters. The van der Waals surface area contributed by atoms with E-state index in [1.165, 1.54) is 26.2 Å². The van der Waals surface area contributed by atoms with Gasteiger partial charge in [-0.25, -0.2) is 14.3 Å². The number of carbonyl (C=O) groups excluding carboxylic acids is 3. The zero-order valence-corrected chi connectivity index (χ0v) is 21.5. The van der Waals surface area contributed by atoms with Gasteiger partial charge in [0.1, 0.15) is 17.1 Å². The minimum atomic E-state index is -0.683. The molecule has 0 unspecified atom stereocenters. The molecule has 0 saturated heterocycles. The fourth-order valence-electron chi connectivity index (χ4n) is 3.17. The molecule has 0 bridgehead atoms. The molecule has 0 spiro atoms. The molecule has 190 valence electrons.